The third kappa shape index (κ3) is 9.80. The van der Waals surface area contributed by atoms with E-state index in [0.29, 0.717) is 39.0 Å². The Morgan fingerprint density at radius 1 is 1.03 bits per heavy atom. The van der Waals surface area contributed by atoms with Gasteiger partial charge in [0.05, 0.1) is 24.4 Å². The van der Waals surface area contributed by atoms with Gasteiger partial charge in [-0.25, -0.2) is 0 Å². The second-order valence-electron chi connectivity index (χ2n) is 9.26. The van der Waals surface area contributed by atoms with Crippen LogP contribution in [0.25, 0.3) is 0 Å². The van der Waals surface area contributed by atoms with Crippen LogP contribution in [-0.2, 0) is 28.7 Å². The van der Waals surface area contributed by atoms with Crippen LogP contribution in [0.15, 0.2) is 0 Å². The summed E-state index contributed by atoms with van der Waals surface area (Å²) in [6.45, 7) is 12.5. The van der Waals surface area contributed by atoms with Gasteiger partial charge in [-0.15, -0.1) is 0 Å². The number of ketones is 1. The highest BCUT2D eigenvalue weighted by molar-refractivity contribution is 6.03. The Labute approximate surface area is 180 Å². The average Bonchev–Trinajstić information content (AvgIpc) is 2.87. The van der Waals surface area contributed by atoms with E-state index in [4.69, 9.17) is 9.47 Å². The van der Waals surface area contributed by atoms with Gasteiger partial charge in [-0.05, 0) is 47.5 Å². The van der Waals surface area contributed by atoms with Crippen molar-refractivity contribution in [2.75, 3.05) is 26.3 Å². The topological polar surface area (TPSA) is 102 Å². The van der Waals surface area contributed by atoms with Gasteiger partial charge in [0.25, 0.3) is 0 Å². The van der Waals surface area contributed by atoms with Gasteiger partial charge >= 0.3 is 0 Å². The number of carbonyl (C=O) groups is 4. The quantitative estimate of drug-likeness (QED) is 0.338. The zero-order valence-electron chi connectivity index (χ0n) is 19.3. The Kier molecular flexibility index (Phi) is 10.1. The van der Waals surface area contributed by atoms with Gasteiger partial charge in [0.2, 0.25) is 17.7 Å². The molecular formula is C22H38N2O6. The first-order chi connectivity index (χ1) is 13.8. The fourth-order valence-electron chi connectivity index (χ4n) is 3.15. The summed E-state index contributed by atoms with van der Waals surface area (Å²) in [4.78, 5) is 47.9. The first-order valence-electron chi connectivity index (χ1n) is 10.7. The Balaban J connectivity index is 2.20. The van der Waals surface area contributed by atoms with Gasteiger partial charge < -0.3 is 19.6 Å². The number of likely N-dealkylation sites (tertiary alicyclic amines) is 1. The molecule has 3 amide bonds. The lowest BCUT2D eigenvalue weighted by Crippen LogP contribution is -2.37. The number of nitrogens with zero attached hydrogens (tertiary/aromatic N) is 1. The molecule has 0 aliphatic carbocycles. The molecule has 1 fully saturated rings. The number of hydrogen-bond acceptors (Lipinski definition) is 6. The molecule has 1 aliphatic rings. The number of carbonyl (C=O) groups excluding carboxylic acids is 4. The molecule has 8 heteroatoms. The minimum atomic E-state index is -0.434. The van der Waals surface area contributed by atoms with Crippen molar-refractivity contribution in [2.45, 2.75) is 84.8 Å². The van der Waals surface area contributed by atoms with Gasteiger partial charge in [-0.1, -0.05) is 6.92 Å². The Hall–Kier alpha value is -1.80. The molecule has 0 saturated carbocycles. The summed E-state index contributed by atoms with van der Waals surface area (Å²) in [5.74, 6) is -0.737. The van der Waals surface area contributed by atoms with E-state index in [1.54, 1.807) is 13.8 Å². The molecule has 1 atom stereocenters. The Bertz CT molecular complexity index is 629. The van der Waals surface area contributed by atoms with E-state index in [2.05, 4.69) is 5.32 Å². The molecule has 1 rings (SSSR count). The van der Waals surface area contributed by atoms with Crippen molar-refractivity contribution in [2.24, 2.45) is 5.92 Å². The van der Waals surface area contributed by atoms with Gasteiger partial charge in [-0.3, -0.25) is 19.3 Å². The molecule has 0 aromatic carbocycles. The summed E-state index contributed by atoms with van der Waals surface area (Å²) >= 11 is 0. The molecule has 1 unspecified atom stereocenters. The summed E-state index contributed by atoms with van der Waals surface area (Å²) in [6, 6.07) is 0. The lowest BCUT2D eigenvalue weighted by atomic mass is 10.0. The van der Waals surface area contributed by atoms with Crippen LogP contribution in [0.1, 0.15) is 73.6 Å². The highest BCUT2D eigenvalue weighted by atomic mass is 16.5. The molecule has 1 saturated heterocycles. The van der Waals surface area contributed by atoms with Crippen molar-refractivity contribution in [1.82, 2.24) is 10.2 Å². The lowest BCUT2D eigenvalue weighted by Gasteiger charge is -2.28. The maximum atomic E-state index is 12.0. The van der Waals surface area contributed by atoms with E-state index < -0.39 is 5.60 Å². The monoisotopic (exact) mass is 426 g/mol. The number of ether oxygens (including phenoxy) is 2. The highest BCUT2D eigenvalue weighted by Gasteiger charge is 2.35. The predicted octanol–water partition coefficient (Wildman–Crippen LogP) is 2.24. The molecular weight excluding hydrogens is 388 g/mol. The summed E-state index contributed by atoms with van der Waals surface area (Å²) in [7, 11) is 0. The van der Waals surface area contributed by atoms with Crippen LogP contribution in [0, 0.1) is 5.92 Å². The zero-order valence-corrected chi connectivity index (χ0v) is 19.3. The van der Waals surface area contributed by atoms with Crippen molar-refractivity contribution in [3.8, 4) is 0 Å². The number of rotatable bonds is 14. The maximum Gasteiger partial charge on any atom is 0.232 e. The van der Waals surface area contributed by atoms with Crippen molar-refractivity contribution in [1.29, 1.82) is 0 Å². The van der Waals surface area contributed by atoms with Crippen LogP contribution >= 0.6 is 0 Å². The van der Waals surface area contributed by atoms with E-state index in [9.17, 15) is 19.2 Å². The van der Waals surface area contributed by atoms with Crippen LogP contribution in [0.5, 0.6) is 0 Å². The summed E-state index contributed by atoms with van der Waals surface area (Å²) in [5, 5.41) is 2.81. The second-order valence-corrected chi connectivity index (χ2v) is 9.26. The minimum absolute atomic E-state index is 0.106. The normalized spacial score (nSPS) is 17.5. The maximum absolute atomic E-state index is 12.0. The van der Waals surface area contributed by atoms with Crippen LogP contribution in [0.4, 0.5) is 0 Å². The fraction of sp³-hybridized carbons (Fsp3) is 0.818. The molecule has 0 radical (unpaired) electrons. The van der Waals surface area contributed by atoms with Crippen LogP contribution in [0.2, 0.25) is 0 Å². The standard InChI is InChI=1S/C22H38N2O6/c1-16-15-19(27)24(20(16)28)12-8-18(26)23-11-10-22(5,6)30-14-13-29-21(3,4)9-7-17(2)25/h16H,7-15H2,1-6H3,(H,23,26). The number of imide groups is 1. The van der Waals surface area contributed by atoms with Crippen molar-refractivity contribution >= 4 is 23.5 Å². The predicted molar refractivity (Wildman–Crippen MR) is 113 cm³/mol. The number of Topliss-reactive ketones (excluding diaryl/α,β-unsaturated/α-hetero) is 1. The van der Waals surface area contributed by atoms with E-state index in [1.807, 2.05) is 27.7 Å². The molecule has 172 valence electrons. The molecule has 1 aliphatic heterocycles. The largest absolute Gasteiger partial charge is 0.373 e. The Morgan fingerprint density at radius 3 is 2.10 bits per heavy atom. The van der Waals surface area contributed by atoms with Crippen LogP contribution in [0.3, 0.4) is 0 Å². The zero-order chi connectivity index (χ0) is 22.9. The molecule has 1 heterocycles. The molecule has 0 bridgehead atoms. The fourth-order valence-corrected chi connectivity index (χ4v) is 3.15. The molecule has 8 nitrogen and oxygen atoms in total. The van der Waals surface area contributed by atoms with E-state index >= 15 is 0 Å². The van der Waals surface area contributed by atoms with Crippen LogP contribution < -0.4 is 5.32 Å². The van der Waals surface area contributed by atoms with E-state index in [1.165, 1.54) is 4.90 Å². The first kappa shape index (κ1) is 26.2. The summed E-state index contributed by atoms with van der Waals surface area (Å²) in [6.07, 6.45) is 2.12. The SMILES string of the molecule is CC(=O)CCC(C)(C)OCCOC(C)(C)CCNC(=O)CCN1C(=O)CC(C)C1=O. The van der Waals surface area contributed by atoms with E-state index in [0.717, 1.165) is 0 Å². The highest BCUT2D eigenvalue weighted by Crippen LogP contribution is 2.19. The number of amides is 3. The third-order valence-corrected chi connectivity index (χ3v) is 5.23. The summed E-state index contributed by atoms with van der Waals surface area (Å²) < 4.78 is 11.7. The lowest BCUT2D eigenvalue weighted by molar-refractivity contribution is -0.139. The van der Waals surface area contributed by atoms with Crippen molar-refractivity contribution in [3.05, 3.63) is 0 Å². The van der Waals surface area contributed by atoms with Crippen molar-refractivity contribution in [3.63, 3.8) is 0 Å². The van der Waals surface area contributed by atoms with Gasteiger partial charge in [0, 0.05) is 38.3 Å². The van der Waals surface area contributed by atoms with Crippen molar-refractivity contribution < 1.29 is 28.7 Å². The molecule has 0 spiro atoms. The number of nitrogens with one attached hydrogen (secondary N) is 1. The average molecular weight is 427 g/mol. The van der Waals surface area contributed by atoms with Gasteiger partial charge in [-0.2, -0.15) is 0 Å². The van der Waals surface area contributed by atoms with Gasteiger partial charge in [0.1, 0.15) is 5.78 Å². The van der Waals surface area contributed by atoms with Crippen LogP contribution in [-0.4, -0.2) is 65.9 Å². The summed E-state index contributed by atoms with van der Waals surface area (Å²) in [5.41, 5.74) is -0.806. The molecule has 0 aromatic rings. The third-order valence-electron chi connectivity index (χ3n) is 5.23. The minimum Gasteiger partial charge on any atom is -0.373 e. The van der Waals surface area contributed by atoms with Gasteiger partial charge in [0.15, 0.2) is 0 Å². The molecule has 1 N–H and O–H groups in total. The second kappa shape index (κ2) is 11.6. The Morgan fingerprint density at radius 2 is 1.60 bits per heavy atom. The molecule has 0 aromatic heterocycles. The smallest absolute Gasteiger partial charge is 0.232 e. The number of hydrogen-bond donors (Lipinski definition) is 1. The molecule has 30 heavy (non-hydrogen) atoms. The van der Waals surface area contributed by atoms with E-state index in [-0.39, 0.29) is 54.4 Å². The first-order valence-corrected chi connectivity index (χ1v) is 10.7.